The molecule has 0 saturated carbocycles. The van der Waals surface area contributed by atoms with Gasteiger partial charge in [-0.05, 0) is 36.2 Å². The second-order valence-corrected chi connectivity index (χ2v) is 4.12. The first-order valence-corrected chi connectivity index (χ1v) is 6.04. The molecule has 2 N–H and O–H groups in total. The van der Waals surface area contributed by atoms with E-state index in [2.05, 4.69) is 6.92 Å². The summed E-state index contributed by atoms with van der Waals surface area (Å²) >= 11 is 0. The van der Waals surface area contributed by atoms with Crippen molar-refractivity contribution in [3.63, 3.8) is 0 Å². The number of hydrogen-bond acceptors (Lipinski definition) is 3. The molecule has 0 heterocycles. The minimum atomic E-state index is -0.395. The van der Waals surface area contributed by atoms with Crippen LogP contribution in [-0.4, -0.2) is 7.11 Å². The number of anilines is 1. The first-order valence-electron chi connectivity index (χ1n) is 6.04. The second kappa shape index (κ2) is 5.61. The molecule has 0 spiro atoms. The lowest BCUT2D eigenvalue weighted by Crippen LogP contribution is -1.96. The molecule has 0 bridgehead atoms. The molecule has 0 aliphatic rings. The van der Waals surface area contributed by atoms with Gasteiger partial charge in [0.25, 0.3) is 0 Å². The normalized spacial score (nSPS) is 10.3. The largest absolute Gasteiger partial charge is 0.493 e. The molecule has 0 aliphatic heterocycles. The number of halogens is 1. The van der Waals surface area contributed by atoms with Gasteiger partial charge in [-0.2, -0.15) is 0 Å². The maximum Gasteiger partial charge on any atom is 0.169 e. The van der Waals surface area contributed by atoms with Gasteiger partial charge in [-0.1, -0.05) is 13.0 Å². The fourth-order valence-corrected chi connectivity index (χ4v) is 1.73. The highest BCUT2D eigenvalue weighted by Gasteiger charge is 2.09. The zero-order valence-corrected chi connectivity index (χ0v) is 10.9. The van der Waals surface area contributed by atoms with Crippen molar-refractivity contribution in [3.8, 4) is 17.2 Å². The molecule has 100 valence electrons. The lowest BCUT2D eigenvalue weighted by molar-refractivity contribution is 0.378. The molecular formula is C15H16FNO2. The number of nitrogen functional groups attached to an aromatic ring is 1. The Bertz CT molecular complexity index is 584. The van der Waals surface area contributed by atoms with Gasteiger partial charge in [0.2, 0.25) is 0 Å². The fourth-order valence-electron chi connectivity index (χ4n) is 1.73. The number of rotatable bonds is 4. The fraction of sp³-hybridized carbons (Fsp3) is 0.200. The number of hydrogen-bond donors (Lipinski definition) is 1. The summed E-state index contributed by atoms with van der Waals surface area (Å²) in [6.45, 7) is 2.06. The third-order valence-electron chi connectivity index (χ3n) is 2.83. The Morgan fingerprint density at radius 3 is 2.53 bits per heavy atom. The van der Waals surface area contributed by atoms with E-state index in [4.69, 9.17) is 15.2 Å². The van der Waals surface area contributed by atoms with Gasteiger partial charge in [0, 0.05) is 6.07 Å². The van der Waals surface area contributed by atoms with Crippen LogP contribution in [0.4, 0.5) is 10.1 Å². The Kier molecular flexibility index (Phi) is 3.90. The van der Waals surface area contributed by atoms with E-state index in [1.54, 1.807) is 13.2 Å². The van der Waals surface area contributed by atoms with E-state index in [1.165, 1.54) is 18.2 Å². The highest BCUT2D eigenvalue weighted by molar-refractivity contribution is 5.55. The molecule has 3 nitrogen and oxygen atoms in total. The van der Waals surface area contributed by atoms with E-state index in [9.17, 15) is 4.39 Å². The number of methoxy groups -OCH3 is 1. The Hall–Kier alpha value is -2.23. The van der Waals surface area contributed by atoms with Crippen molar-refractivity contribution in [3.05, 3.63) is 47.8 Å². The molecule has 4 heteroatoms. The Labute approximate surface area is 111 Å². The molecule has 0 amide bonds. The smallest absolute Gasteiger partial charge is 0.169 e. The number of ether oxygens (including phenoxy) is 2. The summed E-state index contributed by atoms with van der Waals surface area (Å²) in [5.74, 6) is 0.996. The van der Waals surface area contributed by atoms with Gasteiger partial charge in [0.1, 0.15) is 5.82 Å². The summed E-state index contributed by atoms with van der Waals surface area (Å²) in [5.41, 5.74) is 7.27. The van der Waals surface area contributed by atoms with E-state index in [0.29, 0.717) is 17.2 Å². The summed E-state index contributed by atoms with van der Waals surface area (Å²) in [4.78, 5) is 0. The zero-order chi connectivity index (χ0) is 13.8. The quantitative estimate of drug-likeness (QED) is 0.852. The van der Waals surface area contributed by atoms with Crippen LogP contribution in [0.5, 0.6) is 17.2 Å². The molecule has 0 aromatic heterocycles. The van der Waals surface area contributed by atoms with Crippen LogP contribution in [-0.2, 0) is 6.42 Å². The maximum atomic E-state index is 13.2. The molecule has 2 aromatic carbocycles. The highest BCUT2D eigenvalue weighted by atomic mass is 19.1. The first kappa shape index (κ1) is 13.2. The van der Waals surface area contributed by atoms with E-state index in [0.717, 1.165) is 12.0 Å². The van der Waals surface area contributed by atoms with Crippen LogP contribution >= 0.6 is 0 Å². The monoisotopic (exact) mass is 261 g/mol. The van der Waals surface area contributed by atoms with Gasteiger partial charge in [-0.3, -0.25) is 0 Å². The van der Waals surface area contributed by atoms with Crippen LogP contribution < -0.4 is 15.2 Å². The predicted octanol–water partition coefficient (Wildman–Crippen LogP) is 3.77. The average Bonchev–Trinajstić information content (AvgIpc) is 2.43. The summed E-state index contributed by atoms with van der Waals surface area (Å²) in [6.07, 6.45) is 0.902. The highest BCUT2D eigenvalue weighted by Crippen LogP contribution is 2.35. The topological polar surface area (TPSA) is 44.5 Å². The van der Waals surface area contributed by atoms with Gasteiger partial charge in [0.05, 0.1) is 12.8 Å². The van der Waals surface area contributed by atoms with Gasteiger partial charge in [-0.25, -0.2) is 4.39 Å². The van der Waals surface area contributed by atoms with E-state index in [-0.39, 0.29) is 5.75 Å². The molecule has 0 saturated heterocycles. The number of aryl methyl sites for hydroxylation is 1. The number of benzene rings is 2. The molecule has 0 fully saturated rings. The van der Waals surface area contributed by atoms with Crippen LogP contribution in [0.3, 0.4) is 0 Å². The molecule has 0 atom stereocenters. The third-order valence-corrected chi connectivity index (χ3v) is 2.83. The molecule has 2 aromatic rings. The van der Waals surface area contributed by atoms with Crippen LogP contribution in [0.15, 0.2) is 36.4 Å². The van der Waals surface area contributed by atoms with Gasteiger partial charge >= 0.3 is 0 Å². The van der Waals surface area contributed by atoms with E-state index in [1.807, 2.05) is 12.1 Å². The van der Waals surface area contributed by atoms with Crippen molar-refractivity contribution >= 4 is 5.69 Å². The lowest BCUT2D eigenvalue weighted by atomic mass is 10.1. The van der Waals surface area contributed by atoms with Gasteiger partial charge < -0.3 is 15.2 Å². The van der Waals surface area contributed by atoms with E-state index < -0.39 is 5.82 Å². The average molecular weight is 261 g/mol. The number of nitrogens with two attached hydrogens (primary N) is 1. The van der Waals surface area contributed by atoms with Crippen molar-refractivity contribution in [2.45, 2.75) is 13.3 Å². The van der Waals surface area contributed by atoms with Crippen molar-refractivity contribution < 1.29 is 13.9 Å². The van der Waals surface area contributed by atoms with E-state index >= 15 is 0 Å². The molecule has 2 rings (SSSR count). The summed E-state index contributed by atoms with van der Waals surface area (Å²) < 4.78 is 24.1. The van der Waals surface area contributed by atoms with Gasteiger partial charge in [0.15, 0.2) is 17.2 Å². The SMILES string of the molecule is CCc1ccc(Oc2cc(F)ccc2N)c(OC)c1. The Morgan fingerprint density at radius 1 is 1.05 bits per heavy atom. The zero-order valence-electron chi connectivity index (χ0n) is 10.9. The lowest BCUT2D eigenvalue weighted by Gasteiger charge is -2.13. The van der Waals surface area contributed by atoms with Gasteiger partial charge in [-0.15, -0.1) is 0 Å². The predicted molar refractivity (Wildman–Crippen MR) is 73.3 cm³/mol. The van der Waals surface area contributed by atoms with Crippen LogP contribution in [0.2, 0.25) is 0 Å². The standard InChI is InChI=1S/C15H16FNO2/c1-3-10-4-7-13(15(8-10)18-2)19-14-9-11(16)5-6-12(14)17/h4-9H,3,17H2,1-2H3. The van der Waals surface area contributed by atoms with Crippen LogP contribution in [0.1, 0.15) is 12.5 Å². The minimum Gasteiger partial charge on any atom is -0.493 e. The second-order valence-electron chi connectivity index (χ2n) is 4.12. The molecule has 19 heavy (non-hydrogen) atoms. The summed E-state index contributed by atoms with van der Waals surface area (Å²) in [7, 11) is 1.57. The van der Waals surface area contributed by atoms with Crippen LogP contribution in [0, 0.1) is 5.82 Å². The third kappa shape index (κ3) is 2.96. The molecule has 0 radical (unpaired) electrons. The maximum absolute atomic E-state index is 13.2. The molecule has 0 aliphatic carbocycles. The van der Waals surface area contributed by atoms with Crippen molar-refractivity contribution in [1.82, 2.24) is 0 Å². The molecular weight excluding hydrogens is 245 g/mol. The Morgan fingerprint density at radius 2 is 1.84 bits per heavy atom. The van der Waals surface area contributed by atoms with Crippen molar-refractivity contribution in [2.75, 3.05) is 12.8 Å². The molecule has 0 unspecified atom stereocenters. The summed E-state index contributed by atoms with van der Waals surface area (Å²) in [5, 5.41) is 0. The van der Waals surface area contributed by atoms with Crippen molar-refractivity contribution in [2.24, 2.45) is 0 Å². The van der Waals surface area contributed by atoms with Crippen LogP contribution in [0.25, 0.3) is 0 Å². The first-order chi connectivity index (χ1) is 9.13. The summed E-state index contributed by atoms with van der Waals surface area (Å²) in [6, 6.07) is 9.64. The minimum absolute atomic E-state index is 0.280. The van der Waals surface area contributed by atoms with Crippen molar-refractivity contribution in [1.29, 1.82) is 0 Å². The Balaban J connectivity index is 2.35.